The Balaban J connectivity index is 1.44. The molecule has 2 aromatic carbocycles. The van der Waals surface area contributed by atoms with Gasteiger partial charge in [0, 0.05) is 28.6 Å². The monoisotopic (exact) mass is 462 g/mol. The number of carbonyl (C=O) groups is 1. The fraction of sp³-hybridized carbons (Fsp3) is 0.207. The third kappa shape index (κ3) is 3.81. The molecule has 0 aliphatic heterocycles. The van der Waals surface area contributed by atoms with Gasteiger partial charge in [-0.05, 0) is 49.9 Å². The number of aromatic nitrogens is 3. The predicted octanol–water partition coefficient (Wildman–Crippen LogP) is 6.16. The van der Waals surface area contributed by atoms with E-state index in [2.05, 4.69) is 40.8 Å². The minimum atomic E-state index is -0.695. The Hall–Kier alpha value is -4.19. The number of imidazole rings is 1. The lowest BCUT2D eigenvalue weighted by atomic mass is 9.81. The molecule has 0 saturated heterocycles. The summed E-state index contributed by atoms with van der Waals surface area (Å²) in [5, 5.41) is 10.5. The lowest BCUT2D eigenvalue weighted by molar-refractivity contribution is -0.142. The van der Waals surface area contributed by atoms with E-state index in [1.165, 1.54) is 0 Å². The number of fused-ring (bicyclic) bond motifs is 2. The van der Waals surface area contributed by atoms with E-state index >= 15 is 0 Å². The number of nitrogen functional groups attached to an aromatic ring is 1. The van der Waals surface area contributed by atoms with E-state index in [0.29, 0.717) is 18.5 Å². The molecule has 0 atom stereocenters. The molecule has 6 rings (SSSR count). The normalized spacial score (nSPS) is 18.2. The number of hydrogen-bond donors (Lipinski definition) is 2. The van der Waals surface area contributed by atoms with Crippen LogP contribution >= 0.6 is 0 Å². The van der Waals surface area contributed by atoms with Crippen molar-refractivity contribution in [3.8, 4) is 22.5 Å². The van der Waals surface area contributed by atoms with Gasteiger partial charge >= 0.3 is 5.97 Å². The Kier molecular flexibility index (Phi) is 5.21. The molecule has 5 aromatic rings. The van der Waals surface area contributed by atoms with Gasteiger partial charge in [0.2, 0.25) is 0 Å². The van der Waals surface area contributed by atoms with Crippen LogP contribution in [0.4, 0.5) is 5.69 Å². The van der Waals surface area contributed by atoms with Gasteiger partial charge in [-0.25, -0.2) is 9.97 Å². The number of benzene rings is 2. The molecule has 0 radical (unpaired) electrons. The molecule has 1 aliphatic rings. The third-order valence-electron chi connectivity index (χ3n) is 7.20. The van der Waals surface area contributed by atoms with Crippen molar-refractivity contribution in [3.63, 3.8) is 0 Å². The lowest BCUT2D eigenvalue weighted by Gasteiger charge is -2.25. The summed E-state index contributed by atoms with van der Waals surface area (Å²) in [7, 11) is 0. The largest absolute Gasteiger partial charge is 0.481 e. The van der Waals surface area contributed by atoms with Crippen LogP contribution in [-0.2, 0) is 4.79 Å². The molecule has 35 heavy (non-hydrogen) atoms. The van der Waals surface area contributed by atoms with Gasteiger partial charge in [-0.3, -0.25) is 4.79 Å². The number of nitrogens with zero attached hydrogens (tertiary/aromatic N) is 3. The summed E-state index contributed by atoms with van der Waals surface area (Å²) in [5.74, 6) is 0.210. The van der Waals surface area contributed by atoms with Crippen LogP contribution in [0.5, 0.6) is 0 Å². The number of aliphatic carboxylic acids is 1. The fourth-order valence-corrected chi connectivity index (χ4v) is 5.31. The number of nitrogens with two attached hydrogens (primary N) is 1. The molecule has 3 heterocycles. The number of carboxylic acid groups (broad SMARTS) is 1. The van der Waals surface area contributed by atoms with E-state index in [9.17, 15) is 9.90 Å². The van der Waals surface area contributed by atoms with Gasteiger partial charge in [0.15, 0.2) is 0 Å². The molecular formula is C29H26N4O2. The van der Waals surface area contributed by atoms with E-state index in [0.717, 1.165) is 57.6 Å². The first-order chi connectivity index (χ1) is 17.1. The summed E-state index contributed by atoms with van der Waals surface area (Å²) in [6, 6.07) is 24.4. The molecule has 0 amide bonds. The zero-order chi connectivity index (χ0) is 23.9. The molecule has 1 saturated carbocycles. The van der Waals surface area contributed by atoms with Gasteiger partial charge in [0.1, 0.15) is 5.82 Å². The maximum atomic E-state index is 11.4. The van der Waals surface area contributed by atoms with Gasteiger partial charge < -0.3 is 15.2 Å². The first-order valence-electron chi connectivity index (χ1n) is 12.0. The zero-order valence-electron chi connectivity index (χ0n) is 19.3. The smallest absolute Gasteiger partial charge is 0.306 e. The molecular weight excluding hydrogens is 436 g/mol. The Morgan fingerprint density at radius 2 is 1.66 bits per heavy atom. The number of pyridine rings is 2. The number of hydrogen-bond acceptors (Lipinski definition) is 4. The number of rotatable bonds is 4. The average molecular weight is 463 g/mol. The third-order valence-corrected chi connectivity index (χ3v) is 7.20. The van der Waals surface area contributed by atoms with Crippen LogP contribution < -0.4 is 5.73 Å². The van der Waals surface area contributed by atoms with Crippen LogP contribution in [0.3, 0.4) is 0 Å². The first kappa shape index (κ1) is 21.4. The summed E-state index contributed by atoms with van der Waals surface area (Å²) in [6.07, 6.45) is 4.98. The summed E-state index contributed by atoms with van der Waals surface area (Å²) in [6.45, 7) is 0. The Morgan fingerprint density at radius 1 is 0.886 bits per heavy atom. The van der Waals surface area contributed by atoms with Gasteiger partial charge in [-0.1, -0.05) is 48.5 Å². The van der Waals surface area contributed by atoms with Crippen LogP contribution in [0.25, 0.3) is 38.9 Å². The first-order valence-corrected chi connectivity index (χ1v) is 12.0. The predicted molar refractivity (Wildman–Crippen MR) is 138 cm³/mol. The van der Waals surface area contributed by atoms with Gasteiger partial charge in [0.05, 0.1) is 34.0 Å². The van der Waals surface area contributed by atoms with E-state index < -0.39 is 5.97 Å². The SMILES string of the molecule is Nc1cccn2c1c(-c1ccc3ccc(-c4ccccc4)nc3c1)nc2[C@H]1CC[C@H](C(=O)O)CC1. The van der Waals surface area contributed by atoms with E-state index in [-0.39, 0.29) is 11.8 Å². The van der Waals surface area contributed by atoms with E-state index in [1.54, 1.807) is 0 Å². The van der Waals surface area contributed by atoms with Crippen LogP contribution in [0.1, 0.15) is 37.4 Å². The van der Waals surface area contributed by atoms with E-state index in [1.807, 2.05) is 42.6 Å². The Bertz CT molecular complexity index is 1550. The van der Waals surface area contributed by atoms with Gasteiger partial charge in [-0.2, -0.15) is 0 Å². The highest BCUT2D eigenvalue weighted by Gasteiger charge is 2.30. The van der Waals surface area contributed by atoms with Crippen LogP contribution in [-0.4, -0.2) is 25.4 Å². The van der Waals surface area contributed by atoms with Crippen molar-refractivity contribution in [3.05, 3.63) is 84.8 Å². The second-order valence-electron chi connectivity index (χ2n) is 9.36. The second-order valence-corrected chi connectivity index (χ2v) is 9.36. The molecule has 0 unspecified atom stereocenters. The van der Waals surface area contributed by atoms with Crippen LogP contribution in [0.15, 0.2) is 79.0 Å². The minimum Gasteiger partial charge on any atom is -0.481 e. The summed E-state index contributed by atoms with van der Waals surface area (Å²) < 4.78 is 2.09. The molecule has 6 nitrogen and oxygen atoms in total. The highest BCUT2D eigenvalue weighted by atomic mass is 16.4. The molecule has 1 aliphatic carbocycles. The quantitative estimate of drug-likeness (QED) is 0.334. The zero-order valence-corrected chi connectivity index (χ0v) is 19.3. The van der Waals surface area contributed by atoms with Crippen LogP contribution in [0.2, 0.25) is 0 Å². The van der Waals surface area contributed by atoms with Gasteiger partial charge in [0.25, 0.3) is 0 Å². The average Bonchev–Trinajstić information content (AvgIpc) is 3.30. The highest BCUT2D eigenvalue weighted by Crippen LogP contribution is 2.39. The van der Waals surface area contributed by atoms with Crippen LogP contribution in [0, 0.1) is 5.92 Å². The summed E-state index contributed by atoms with van der Waals surface area (Å²) >= 11 is 0. The molecule has 174 valence electrons. The Morgan fingerprint density at radius 3 is 2.43 bits per heavy atom. The molecule has 0 bridgehead atoms. The minimum absolute atomic E-state index is 0.205. The fourth-order valence-electron chi connectivity index (χ4n) is 5.31. The van der Waals surface area contributed by atoms with Crippen molar-refractivity contribution >= 4 is 28.1 Å². The molecule has 3 aromatic heterocycles. The van der Waals surface area contributed by atoms with Crippen molar-refractivity contribution in [1.29, 1.82) is 0 Å². The highest BCUT2D eigenvalue weighted by molar-refractivity contribution is 5.92. The molecule has 0 spiro atoms. The van der Waals surface area contributed by atoms with Crippen molar-refractivity contribution in [2.45, 2.75) is 31.6 Å². The molecule has 1 fully saturated rings. The lowest BCUT2D eigenvalue weighted by Crippen LogP contribution is -2.21. The molecule has 3 N–H and O–H groups in total. The number of anilines is 1. The molecule has 6 heteroatoms. The van der Waals surface area contributed by atoms with Crippen molar-refractivity contribution in [1.82, 2.24) is 14.4 Å². The number of carboxylic acids is 1. The maximum absolute atomic E-state index is 11.4. The standard InChI is InChI=1S/C29H26N4O2/c30-23-7-4-16-33-27(23)26(32-28(33)20-9-11-21(12-10-20)29(34)35)22-13-8-19-14-15-24(31-25(19)17-22)18-5-2-1-3-6-18/h1-8,13-17,20-21H,9-12,30H2,(H,34,35)/t20-,21-. The van der Waals surface area contributed by atoms with Crippen molar-refractivity contribution in [2.75, 3.05) is 5.73 Å². The van der Waals surface area contributed by atoms with E-state index in [4.69, 9.17) is 15.7 Å². The topological polar surface area (TPSA) is 93.5 Å². The second kappa shape index (κ2) is 8.55. The van der Waals surface area contributed by atoms with Gasteiger partial charge in [-0.15, -0.1) is 0 Å². The van der Waals surface area contributed by atoms with Crippen molar-refractivity contribution in [2.24, 2.45) is 5.92 Å². The Labute approximate surface area is 203 Å². The van der Waals surface area contributed by atoms with Crippen molar-refractivity contribution < 1.29 is 9.90 Å². The summed E-state index contributed by atoms with van der Waals surface area (Å²) in [4.78, 5) is 21.5. The maximum Gasteiger partial charge on any atom is 0.306 e. The summed E-state index contributed by atoms with van der Waals surface area (Å²) in [5.41, 5.74) is 12.7.